The summed E-state index contributed by atoms with van der Waals surface area (Å²) in [6, 6.07) is 9.92. The second-order valence-corrected chi connectivity index (χ2v) is 7.84. The molecule has 1 fully saturated rings. The van der Waals surface area contributed by atoms with E-state index in [0.717, 1.165) is 29.5 Å². The quantitative estimate of drug-likeness (QED) is 0.498. The Balaban J connectivity index is 1.54. The van der Waals surface area contributed by atoms with Gasteiger partial charge in [-0.1, -0.05) is 47.5 Å². The Kier molecular flexibility index (Phi) is 6.56. The average Bonchev–Trinajstić information content (AvgIpc) is 2.64. The summed E-state index contributed by atoms with van der Waals surface area (Å²) in [6.45, 7) is 2.13. The van der Waals surface area contributed by atoms with Gasteiger partial charge in [0.05, 0.1) is 15.7 Å². The highest BCUT2D eigenvalue weighted by Crippen LogP contribution is 2.32. The van der Waals surface area contributed by atoms with Crippen LogP contribution < -0.4 is 0 Å². The Morgan fingerprint density at radius 1 is 1.04 bits per heavy atom. The molecule has 3 heteroatoms. The van der Waals surface area contributed by atoms with Crippen LogP contribution in [0.2, 0.25) is 10.0 Å². The second kappa shape index (κ2) is 8.87. The van der Waals surface area contributed by atoms with Crippen LogP contribution in [-0.4, -0.2) is 4.98 Å². The number of aryl methyl sites for hydroxylation is 1. The van der Waals surface area contributed by atoms with Gasteiger partial charge in [0.15, 0.2) is 0 Å². The Morgan fingerprint density at radius 3 is 2.48 bits per heavy atom. The van der Waals surface area contributed by atoms with Gasteiger partial charge in [0.2, 0.25) is 0 Å². The number of hydrogen-bond acceptors (Lipinski definition) is 1. The van der Waals surface area contributed by atoms with E-state index in [4.69, 9.17) is 23.2 Å². The highest BCUT2D eigenvalue weighted by molar-refractivity contribution is 6.42. The molecule has 132 valence electrons. The first kappa shape index (κ1) is 18.5. The zero-order chi connectivity index (χ0) is 17.6. The molecule has 2 aromatic rings. The van der Waals surface area contributed by atoms with E-state index in [1.807, 2.05) is 24.4 Å². The SMILES string of the molecule is CC=CC1CCC(CCc2ccc(-c3ccc(Cl)c(Cl)c3)nc2)CC1. The lowest BCUT2D eigenvalue weighted by molar-refractivity contribution is 0.296. The van der Waals surface area contributed by atoms with Crippen LogP contribution in [0.3, 0.4) is 0 Å². The molecule has 1 saturated carbocycles. The Morgan fingerprint density at radius 2 is 1.84 bits per heavy atom. The predicted molar refractivity (Wildman–Crippen MR) is 108 cm³/mol. The van der Waals surface area contributed by atoms with Crippen LogP contribution in [0.25, 0.3) is 11.3 Å². The molecule has 0 saturated heterocycles. The predicted octanol–water partition coefficient (Wildman–Crippen LogP) is 7.37. The molecule has 0 N–H and O–H groups in total. The van der Waals surface area contributed by atoms with E-state index < -0.39 is 0 Å². The molecule has 1 aromatic carbocycles. The van der Waals surface area contributed by atoms with Crippen LogP contribution in [0.1, 0.15) is 44.6 Å². The van der Waals surface area contributed by atoms with Crippen LogP contribution in [0.5, 0.6) is 0 Å². The summed E-state index contributed by atoms with van der Waals surface area (Å²) in [6.07, 6.45) is 14.4. The first-order valence-electron chi connectivity index (χ1n) is 9.19. The van der Waals surface area contributed by atoms with Crippen LogP contribution in [0.4, 0.5) is 0 Å². The summed E-state index contributed by atoms with van der Waals surface area (Å²) in [4.78, 5) is 4.61. The molecule has 1 heterocycles. The minimum absolute atomic E-state index is 0.568. The first-order valence-corrected chi connectivity index (χ1v) is 9.94. The fraction of sp³-hybridized carbons (Fsp3) is 0.409. The molecule has 0 bridgehead atoms. The molecule has 0 spiro atoms. The van der Waals surface area contributed by atoms with E-state index in [-0.39, 0.29) is 0 Å². The molecule has 0 radical (unpaired) electrons. The van der Waals surface area contributed by atoms with Gasteiger partial charge >= 0.3 is 0 Å². The molecule has 0 atom stereocenters. The summed E-state index contributed by atoms with van der Waals surface area (Å²) < 4.78 is 0. The smallest absolute Gasteiger partial charge is 0.0702 e. The number of aromatic nitrogens is 1. The van der Waals surface area contributed by atoms with Crippen molar-refractivity contribution in [2.75, 3.05) is 0 Å². The van der Waals surface area contributed by atoms with Crippen LogP contribution in [0, 0.1) is 11.8 Å². The molecule has 1 aliphatic rings. The minimum Gasteiger partial charge on any atom is -0.256 e. The van der Waals surface area contributed by atoms with Crippen molar-refractivity contribution >= 4 is 23.2 Å². The van der Waals surface area contributed by atoms with Crippen molar-refractivity contribution in [3.63, 3.8) is 0 Å². The third-order valence-electron chi connectivity index (χ3n) is 5.24. The van der Waals surface area contributed by atoms with Gasteiger partial charge in [-0.2, -0.15) is 0 Å². The van der Waals surface area contributed by atoms with E-state index in [9.17, 15) is 0 Å². The number of allylic oxidation sites excluding steroid dienone is 2. The Bertz CT molecular complexity index is 713. The van der Waals surface area contributed by atoms with Crippen LogP contribution >= 0.6 is 23.2 Å². The maximum Gasteiger partial charge on any atom is 0.0702 e. The summed E-state index contributed by atoms with van der Waals surface area (Å²) in [5.74, 6) is 1.68. The van der Waals surface area contributed by atoms with Crippen LogP contribution in [0.15, 0.2) is 48.7 Å². The Hall–Kier alpha value is -1.31. The minimum atomic E-state index is 0.568. The maximum absolute atomic E-state index is 6.10. The van der Waals surface area contributed by atoms with Crippen LogP contribution in [-0.2, 0) is 6.42 Å². The van der Waals surface area contributed by atoms with Gasteiger partial charge in [-0.25, -0.2) is 0 Å². The summed E-state index contributed by atoms with van der Waals surface area (Å²) in [5.41, 5.74) is 3.26. The molecule has 0 unspecified atom stereocenters. The summed E-state index contributed by atoms with van der Waals surface area (Å²) in [5, 5.41) is 1.14. The number of hydrogen-bond donors (Lipinski definition) is 0. The number of halogens is 2. The zero-order valence-corrected chi connectivity index (χ0v) is 16.2. The molecule has 25 heavy (non-hydrogen) atoms. The van der Waals surface area contributed by atoms with Crippen molar-refractivity contribution in [2.45, 2.75) is 45.4 Å². The molecular formula is C22H25Cl2N. The topological polar surface area (TPSA) is 12.9 Å². The lowest BCUT2D eigenvalue weighted by Crippen LogP contribution is -2.13. The van der Waals surface area contributed by atoms with Gasteiger partial charge < -0.3 is 0 Å². The number of nitrogens with zero attached hydrogens (tertiary/aromatic N) is 1. The Labute approximate surface area is 161 Å². The third kappa shape index (κ3) is 5.09. The molecular weight excluding hydrogens is 349 g/mol. The zero-order valence-electron chi connectivity index (χ0n) is 14.7. The van der Waals surface area contributed by atoms with Crippen molar-refractivity contribution in [3.8, 4) is 11.3 Å². The third-order valence-corrected chi connectivity index (χ3v) is 5.98. The van der Waals surface area contributed by atoms with Crippen molar-refractivity contribution in [3.05, 3.63) is 64.3 Å². The van der Waals surface area contributed by atoms with Gasteiger partial charge in [-0.15, -0.1) is 0 Å². The molecule has 0 amide bonds. The van der Waals surface area contributed by atoms with Gasteiger partial charge in [-0.05, 0) is 81.0 Å². The summed E-state index contributed by atoms with van der Waals surface area (Å²) in [7, 11) is 0. The number of benzene rings is 1. The van der Waals surface area contributed by atoms with Crippen molar-refractivity contribution in [1.29, 1.82) is 0 Å². The van der Waals surface area contributed by atoms with Gasteiger partial charge in [-0.3, -0.25) is 4.98 Å². The lowest BCUT2D eigenvalue weighted by atomic mass is 9.79. The maximum atomic E-state index is 6.10. The van der Waals surface area contributed by atoms with Crippen molar-refractivity contribution in [1.82, 2.24) is 4.98 Å². The molecule has 1 aromatic heterocycles. The molecule has 1 nitrogen and oxygen atoms in total. The highest BCUT2D eigenvalue weighted by atomic mass is 35.5. The normalized spacial score (nSPS) is 20.9. The standard InChI is InChI=1S/C22H25Cl2N/c1-2-3-16-4-6-17(7-5-16)8-9-18-10-13-22(25-15-18)19-11-12-20(23)21(24)14-19/h2-3,10-17H,4-9H2,1H3. The monoisotopic (exact) mass is 373 g/mol. The van der Waals surface area contributed by atoms with Crippen molar-refractivity contribution < 1.29 is 0 Å². The second-order valence-electron chi connectivity index (χ2n) is 7.03. The number of rotatable bonds is 5. The van der Waals surface area contributed by atoms with E-state index in [2.05, 4.69) is 36.2 Å². The molecule has 1 aliphatic carbocycles. The molecule has 3 rings (SSSR count). The van der Waals surface area contributed by atoms with E-state index >= 15 is 0 Å². The van der Waals surface area contributed by atoms with E-state index in [1.165, 1.54) is 37.7 Å². The summed E-state index contributed by atoms with van der Waals surface area (Å²) >= 11 is 12.1. The van der Waals surface area contributed by atoms with Crippen molar-refractivity contribution in [2.24, 2.45) is 11.8 Å². The fourth-order valence-corrected chi connectivity index (χ4v) is 4.01. The fourth-order valence-electron chi connectivity index (χ4n) is 3.71. The highest BCUT2D eigenvalue weighted by Gasteiger charge is 2.19. The van der Waals surface area contributed by atoms with Gasteiger partial charge in [0.1, 0.15) is 0 Å². The van der Waals surface area contributed by atoms with E-state index in [0.29, 0.717) is 10.0 Å². The van der Waals surface area contributed by atoms with Gasteiger partial charge in [0.25, 0.3) is 0 Å². The van der Waals surface area contributed by atoms with E-state index in [1.54, 1.807) is 0 Å². The first-order chi connectivity index (χ1) is 12.2. The average molecular weight is 374 g/mol. The number of pyridine rings is 1. The van der Waals surface area contributed by atoms with Gasteiger partial charge in [0, 0.05) is 11.8 Å². The molecule has 0 aliphatic heterocycles. The lowest BCUT2D eigenvalue weighted by Gasteiger charge is -2.26. The largest absolute Gasteiger partial charge is 0.256 e.